The van der Waals surface area contributed by atoms with Crippen LogP contribution in [-0.4, -0.2) is 36.1 Å². The van der Waals surface area contributed by atoms with Crippen LogP contribution in [0.15, 0.2) is 6.07 Å². The molecule has 2 heterocycles. The van der Waals surface area contributed by atoms with Crippen molar-refractivity contribution in [2.75, 3.05) is 36.8 Å². The van der Waals surface area contributed by atoms with Crippen LogP contribution < -0.4 is 16.0 Å². The Balaban J connectivity index is 2.21. The molecule has 2 rings (SSSR count). The fourth-order valence-corrected chi connectivity index (χ4v) is 1.58. The second-order valence-electron chi connectivity index (χ2n) is 3.47. The lowest BCUT2D eigenvalue weighted by atomic mass is 10.4. The maximum absolute atomic E-state index is 5.67. The highest BCUT2D eigenvalue weighted by molar-refractivity contribution is 5.40. The van der Waals surface area contributed by atoms with Crippen LogP contribution >= 0.6 is 0 Å². The lowest BCUT2D eigenvalue weighted by molar-refractivity contribution is 0.579. The molecule has 3 N–H and O–H groups in total. The van der Waals surface area contributed by atoms with E-state index in [9.17, 15) is 0 Å². The van der Waals surface area contributed by atoms with Crippen LogP contribution in [0.25, 0.3) is 0 Å². The van der Waals surface area contributed by atoms with Gasteiger partial charge in [-0.1, -0.05) is 0 Å². The van der Waals surface area contributed by atoms with Gasteiger partial charge in [-0.2, -0.15) is 4.98 Å². The van der Waals surface area contributed by atoms with Gasteiger partial charge in [-0.05, 0) is 6.92 Å². The summed E-state index contributed by atoms with van der Waals surface area (Å²) in [6, 6.07) is 1.78. The molecule has 0 radical (unpaired) electrons. The Morgan fingerprint density at radius 2 is 2.07 bits per heavy atom. The SMILES string of the molecule is Cc1cc(N)nc(N2CCNCC2)n1. The topological polar surface area (TPSA) is 67.1 Å². The molecule has 0 saturated carbocycles. The molecule has 0 bridgehead atoms. The highest BCUT2D eigenvalue weighted by atomic mass is 15.3. The zero-order valence-corrected chi connectivity index (χ0v) is 8.32. The average molecular weight is 193 g/mol. The predicted octanol–water partition coefficient (Wildman–Crippen LogP) is -0.223. The Morgan fingerprint density at radius 3 is 2.71 bits per heavy atom. The molecule has 76 valence electrons. The predicted molar refractivity (Wildman–Crippen MR) is 56.3 cm³/mol. The van der Waals surface area contributed by atoms with Gasteiger partial charge in [0.1, 0.15) is 5.82 Å². The van der Waals surface area contributed by atoms with E-state index in [-0.39, 0.29) is 0 Å². The molecule has 14 heavy (non-hydrogen) atoms. The van der Waals surface area contributed by atoms with Gasteiger partial charge in [-0.25, -0.2) is 4.98 Å². The summed E-state index contributed by atoms with van der Waals surface area (Å²) in [6.45, 7) is 5.80. The van der Waals surface area contributed by atoms with Crippen molar-refractivity contribution in [3.63, 3.8) is 0 Å². The molecule has 0 amide bonds. The first-order valence-corrected chi connectivity index (χ1v) is 4.82. The average Bonchev–Trinajstić information content (AvgIpc) is 2.18. The van der Waals surface area contributed by atoms with Crippen molar-refractivity contribution >= 4 is 11.8 Å². The standard InChI is InChI=1S/C9H15N5/c1-7-6-8(10)13-9(12-7)14-4-2-11-3-5-14/h6,11H,2-5H2,1H3,(H2,10,12,13). The number of hydrogen-bond donors (Lipinski definition) is 2. The summed E-state index contributed by atoms with van der Waals surface area (Å²) in [5.74, 6) is 1.30. The van der Waals surface area contributed by atoms with Crippen molar-refractivity contribution in [1.29, 1.82) is 0 Å². The third-order valence-corrected chi connectivity index (χ3v) is 2.26. The number of piperazine rings is 1. The number of nitrogens with one attached hydrogen (secondary N) is 1. The molecule has 5 nitrogen and oxygen atoms in total. The molecule has 0 aromatic carbocycles. The normalized spacial score (nSPS) is 17.1. The van der Waals surface area contributed by atoms with Gasteiger partial charge in [0.2, 0.25) is 5.95 Å². The Kier molecular flexibility index (Phi) is 2.49. The van der Waals surface area contributed by atoms with Crippen LogP contribution in [0, 0.1) is 6.92 Å². The van der Waals surface area contributed by atoms with Crippen LogP contribution in [0.1, 0.15) is 5.69 Å². The van der Waals surface area contributed by atoms with E-state index in [0.29, 0.717) is 5.82 Å². The van der Waals surface area contributed by atoms with E-state index < -0.39 is 0 Å². The monoisotopic (exact) mass is 193 g/mol. The van der Waals surface area contributed by atoms with Crippen molar-refractivity contribution in [2.45, 2.75) is 6.92 Å². The van der Waals surface area contributed by atoms with Crippen molar-refractivity contribution in [3.8, 4) is 0 Å². The van der Waals surface area contributed by atoms with E-state index in [0.717, 1.165) is 37.8 Å². The summed E-state index contributed by atoms with van der Waals surface area (Å²) in [4.78, 5) is 10.7. The van der Waals surface area contributed by atoms with Gasteiger partial charge in [0, 0.05) is 37.9 Å². The molecular weight excluding hydrogens is 178 g/mol. The minimum atomic E-state index is 0.547. The quantitative estimate of drug-likeness (QED) is 0.645. The number of nitrogens with two attached hydrogens (primary N) is 1. The third kappa shape index (κ3) is 1.93. The van der Waals surface area contributed by atoms with Crippen LogP contribution in [0.3, 0.4) is 0 Å². The second kappa shape index (κ2) is 3.79. The molecular formula is C9H15N5. The van der Waals surface area contributed by atoms with Crippen LogP contribution in [0.2, 0.25) is 0 Å². The lowest BCUT2D eigenvalue weighted by Gasteiger charge is -2.27. The first-order valence-electron chi connectivity index (χ1n) is 4.82. The minimum Gasteiger partial charge on any atom is -0.384 e. The molecule has 0 aliphatic carbocycles. The summed E-state index contributed by atoms with van der Waals surface area (Å²) in [7, 11) is 0. The molecule has 1 aliphatic heterocycles. The van der Waals surface area contributed by atoms with E-state index >= 15 is 0 Å². The number of anilines is 2. The number of nitrogen functional groups attached to an aromatic ring is 1. The van der Waals surface area contributed by atoms with E-state index in [1.54, 1.807) is 6.07 Å². The zero-order valence-electron chi connectivity index (χ0n) is 8.32. The molecule has 0 spiro atoms. The van der Waals surface area contributed by atoms with Gasteiger partial charge >= 0.3 is 0 Å². The van der Waals surface area contributed by atoms with Gasteiger partial charge < -0.3 is 16.0 Å². The van der Waals surface area contributed by atoms with Crippen molar-refractivity contribution < 1.29 is 0 Å². The summed E-state index contributed by atoms with van der Waals surface area (Å²) in [5.41, 5.74) is 6.59. The van der Waals surface area contributed by atoms with E-state index in [2.05, 4.69) is 20.2 Å². The molecule has 1 aromatic rings. The first kappa shape index (κ1) is 9.21. The number of rotatable bonds is 1. The van der Waals surface area contributed by atoms with E-state index in [4.69, 9.17) is 5.73 Å². The smallest absolute Gasteiger partial charge is 0.227 e. The van der Waals surface area contributed by atoms with Crippen molar-refractivity contribution in [2.24, 2.45) is 0 Å². The number of nitrogens with zero attached hydrogens (tertiary/aromatic N) is 3. The lowest BCUT2D eigenvalue weighted by Crippen LogP contribution is -2.44. The first-order chi connectivity index (χ1) is 6.75. The molecule has 0 unspecified atom stereocenters. The number of aromatic nitrogens is 2. The largest absolute Gasteiger partial charge is 0.384 e. The summed E-state index contributed by atoms with van der Waals surface area (Å²) < 4.78 is 0. The van der Waals surface area contributed by atoms with Crippen molar-refractivity contribution in [1.82, 2.24) is 15.3 Å². The minimum absolute atomic E-state index is 0.547. The van der Waals surface area contributed by atoms with Gasteiger partial charge in [-0.15, -0.1) is 0 Å². The Hall–Kier alpha value is -1.36. The molecule has 1 aromatic heterocycles. The van der Waals surface area contributed by atoms with Crippen LogP contribution in [0.4, 0.5) is 11.8 Å². The summed E-state index contributed by atoms with van der Waals surface area (Å²) >= 11 is 0. The third-order valence-electron chi connectivity index (χ3n) is 2.26. The maximum atomic E-state index is 5.67. The summed E-state index contributed by atoms with van der Waals surface area (Å²) in [6.07, 6.45) is 0. The number of hydrogen-bond acceptors (Lipinski definition) is 5. The van der Waals surface area contributed by atoms with E-state index in [1.165, 1.54) is 0 Å². The maximum Gasteiger partial charge on any atom is 0.227 e. The van der Waals surface area contributed by atoms with Gasteiger partial charge in [-0.3, -0.25) is 0 Å². The van der Waals surface area contributed by atoms with Gasteiger partial charge in [0.25, 0.3) is 0 Å². The fraction of sp³-hybridized carbons (Fsp3) is 0.556. The van der Waals surface area contributed by atoms with Crippen LogP contribution in [0.5, 0.6) is 0 Å². The van der Waals surface area contributed by atoms with Gasteiger partial charge in [0.15, 0.2) is 0 Å². The second-order valence-corrected chi connectivity index (χ2v) is 3.47. The Labute approximate surface area is 83.3 Å². The van der Waals surface area contributed by atoms with Gasteiger partial charge in [0.05, 0.1) is 0 Å². The molecule has 0 atom stereocenters. The zero-order chi connectivity index (χ0) is 9.97. The van der Waals surface area contributed by atoms with Crippen LogP contribution in [-0.2, 0) is 0 Å². The highest BCUT2D eigenvalue weighted by Gasteiger charge is 2.13. The molecule has 5 heteroatoms. The summed E-state index contributed by atoms with van der Waals surface area (Å²) in [5, 5.41) is 3.29. The molecule has 1 fully saturated rings. The highest BCUT2D eigenvalue weighted by Crippen LogP contribution is 2.11. The molecule has 1 aliphatic rings. The molecule has 1 saturated heterocycles. The Bertz CT molecular complexity index is 299. The fourth-order valence-electron chi connectivity index (χ4n) is 1.58. The Morgan fingerprint density at radius 1 is 1.36 bits per heavy atom. The number of aryl methyl sites for hydroxylation is 1. The van der Waals surface area contributed by atoms with Crippen molar-refractivity contribution in [3.05, 3.63) is 11.8 Å². The van der Waals surface area contributed by atoms with E-state index in [1.807, 2.05) is 6.92 Å².